The Kier molecular flexibility index (Phi) is 5.16. The van der Waals surface area contributed by atoms with Gasteiger partial charge >= 0.3 is 5.97 Å². The molecule has 1 aromatic carbocycles. The van der Waals surface area contributed by atoms with E-state index >= 15 is 0 Å². The largest absolute Gasteiger partial charge is 0.480 e. The van der Waals surface area contributed by atoms with Crippen LogP contribution in [0.2, 0.25) is 0 Å². The van der Waals surface area contributed by atoms with Gasteiger partial charge in [-0.15, -0.1) is 11.8 Å². The Morgan fingerprint density at radius 3 is 2.77 bits per heavy atom. The van der Waals surface area contributed by atoms with Crippen molar-refractivity contribution in [2.45, 2.75) is 30.5 Å². The number of carbonyl (C=O) groups excluding carboxylic acids is 1. The van der Waals surface area contributed by atoms with Crippen molar-refractivity contribution >= 4 is 23.6 Å². The molecule has 0 aliphatic carbocycles. The summed E-state index contributed by atoms with van der Waals surface area (Å²) in [5.41, 5.74) is 0.414. The number of hydrogen-bond donors (Lipinski definition) is 2. The van der Waals surface area contributed by atoms with E-state index in [-0.39, 0.29) is 0 Å². The lowest BCUT2D eigenvalue weighted by molar-refractivity contribution is -0.138. The number of carboxylic acid groups (broad SMARTS) is 1. The lowest BCUT2D eigenvalue weighted by atomic mass is 10.2. The van der Waals surface area contributed by atoms with Crippen molar-refractivity contribution in [3.63, 3.8) is 0 Å². The molecule has 1 aromatic heterocycles. The highest BCUT2D eigenvalue weighted by Gasteiger charge is 2.18. The van der Waals surface area contributed by atoms with Crippen LogP contribution in [0.3, 0.4) is 0 Å². The van der Waals surface area contributed by atoms with Gasteiger partial charge in [0.15, 0.2) is 5.82 Å². The number of nitrogens with zero attached hydrogens (tertiary/aromatic N) is 2. The highest BCUT2D eigenvalue weighted by atomic mass is 32.2. The molecule has 0 bridgehead atoms. The second kappa shape index (κ2) is 7.08. The number of hydrogen-bond acceptors (Lipinski definition) is 6. The molecule has 0 aliphatic heterocycles. The number of amides is 1. The SMILES string of the molecule is Cc1noc(CSc2ccccc2C(=O)NC(C)C(=O)O)n1. The summed E-state index contributed by atoms with van der Waals surface area (Å²) < 4.78 is 5.02. The normalized spacial score (nSPS) is 11.9. The minimum Gasteiger partial charge on any atom is -0.480 e. The minimum absolute atomic E-state index is 0.414. The molecule has 1 atom stereocenters. The molecule has 22 heavy (non-hydrogen) atoms. The van der Waals surface area contributed by atoms with Crippen molar-refractivity contribution < 1.29 is 19.2 Å². The first-order chi connectivity index (χ1) is 10.5. The third-order valence-corrected chi connectivity index (χ3v) is 3.83. The molecule has 0 spiro atoms. The molecule has 0 saturated carbocycles. The number of carboxylic acids is 1. The van der Waals surface area contributed by atoms with Gasteiger partial charge < -0.3 is 14.9 Å². The van der Waals surface area contributed by atoms with Crippen molar-refractivity contribution in [2.75, 3.05) is 0 Å². The molecule has 0 saturated heterocycles. The van der Waals surface area contributed by atoms with Gasteiger partial charge in [0.25, 0.3) is 5.91 Å². The van der Waals surface area contributed by atoms with Crippen LogP contribution in [0, 0.1) is 6.92 Å². The molecular weight excluding hydrogens is 306 g/mol. The van der Waals surface area contributed by atoms with Crippen LogP contribution >= 0.6 is 11.8 Å². The van der Waals surface area contributed by atoms with Crippen LogP contribution in [-0.2, 0) is 10.5 Å². The third kappa shape index (κ3) is 4.08. The molecule has 2 rings (SSSR count). The van der Waals surface area contributed by atoms with Crippen LogP contribution in [0.15, 0.2) is 33.7 Å². The van der Waals surface area contributed by atoms with Gasteiger partial charge in [-0.05, 0) is 26.0 Å². The predicted molar refractivity (Wildman–Crippen MR) is 79.6 cm³/mol. The summed E-state index contributed by atoms with van der Waals surface area (Å²) in [6, 6.07) is 6.00. The molecule has 2 N–H and O–H groups in total. The molecule has 0 radical (unpaired) electrons. The zero-order chi connectivity index (χ0) is 16.1. The van der Waals surface area contributed by atoms with Gasteiger partial charge in [0.2, 0.25) is 5.89 Å². The summed E-state index contributed by atoms with van der Waals surface area (Å²) in [6.45, 7) is 3.14. The van der Waals surface area contributed by atoms with E-state index in [2.05, 4.69) is 15.5 Å². The topological polar surface area (TPSA) is 105 Å². The van der Waals surface area contributed by atoms with E-state index in [4.69, 9.17) is 9.63 Å². The van der Waals surface area contributed by atoms with Crippen LogP contribution in [-0.4, -0.2) is 33.2 Å². The summed E-state index contributed by atoms with van der Waals surface area (Å²) in [5.74, 6) is -0.0624. The summed E-state index contributed by atoms with van der Waals surface area (Å²) in [4.78, 5) is 27.8. The van der Waals surface area contributed by atoms with E-state index in [0.29, 0.717) is 27.9 Å². The number of aliphatic carboxylic acids is 1. The van der Waals surface area contributed by atoms with Gasteiger partial charge in [0.05, 0.1) is 11.3 Å². The molecule has 8 heteroatoms. The second-order valence-corrected chi connectivity index (χ2v) is 5.57. The third-order valence-electron chi connectivity index (χ3n) is 2.77. The van der Waals surface area contributed by atoms with Gasteiger partial charge in [0.1, 0.15) is 6.04 Å². The summed E-state index contributed by atoms with van der Waals surface area (Å²) in [6.07, 6.45) is 0. The first-order valence-corrected chi connectivity index (χ1v) is 7.50. The van der Waals surface area contributed by atoms with Gasteiger partial charge in [-0.1, -0.05) is 17.3 Å². The Labute approximate surface area is 131 Å². The number of benzene rings is 1. The van der Waals surface area contributed by atoms with Gasteiger partial charge in [-0.25, -0.2) is 0 Å². The predicted octanol–water partition coefficient (Wildman–Crippen LogP) is 1.87. The fourth-order valence-corrected chi connectivity index (χ4v) is 2.54. The molecule has 7 nitrogen and oxygen atoms in total. The van der Waals surface area contributed by atoms with E-state index in [1.165, 1.54) is 18.7 Å². The summed E-state index contributed by atoms with van der Waals surface area (Å²) in [7, 11) is 0. The quantitative estimate of drug-likeness (QED) is 0.782. The van der Waals surface area contributed by atoms with E-state index in [0.717, 1.165) is 0 Å². The Morgan fingerprint density at radius 1 is 1.41 bits per heavy atom. The highest BCUT2D eigenvalue weighted by Crippen LogP contribution is 2.25. The fraction of sp³-hybridized carbons (Fsp3) is 0.286. The maximum atomic E-state index is 12.2. The maximum Gasteiger partial charge on any atom is 0.325 e. The van der Waals surface area contributed by atoms with Crippen molar-refractivity contribution in [2.24, 2.45) is 0 Å². The van der Waals surface area contributed by atoms with Crippen LogP contribution < -0.4 is 5.32 Å². The Morgan fingerprint density at radius 2 is 2.14 bits per heavy atom. The molecule has 116 valence electrons. The second-order valence-electron chi connectivity index (χ2n) is 4.55. The number of carbonyl (C=O) groups is 2. The fourth-order valence-electron chi connectivity index (χ4n) is 1.65. The van der Waals surface area contributed by atoms with Crippen molar-refractivity contribution in [1.29, 1.82) is 0 Å². The van der Waals surface area contributed by atoms with Crippen molar-refractivity contribution in [1.82, 2.24) is 15.5 Å². The number of aromatic nitrogens is 2. The molecule has 1 heterocycles. The van der Waals surface area contributed by atoms with Crippen LogP contribution in [0.4, 0.5) is 0 Å². The van der Waals surface area contributed by atoms with E-state index in [1.807, 2.05) is 0 Å². The molecule has 0 aliphatic rings. The number of thioether (sulfide) groups is 1. The Hall–Kier alpha value is -2.35. The molecule has 2 aromatic rings. The first kappa shape index (κ1) is 16.0. The van der Waals surface area contributed by atoms with Gasteiger partial charge in [-0.3, -0.25) is 9.59 Å². The minimum atomic E-state index is -1.08. The zero-order valence-electron chi connectivity index (χ0n) is 12.1. The lowest BCUT2D eigenvalue weighted by Crippen LogP contribution is -2.38. The first-order valence-electron chi connectivity index (χ1n) is 6.52. The van der Waals surface area contributed by atoms with Crippen LogP contribution in [0.25, 0.3) is 0 Å². The lowest BCUT2D eigenvalue weighted by Gasteiger charge is -2.11. The number of rotatable bonds is 6. The number of nitrogens with one attached hydrogen (secondary N) is 1. The standard InChI is InChI=1S/C14H15N3O4S/c1-8(14(19)20)15-13(18)10-5-3-4-6-11(10)22-7-12-16-9(2)17-21-12/h3-6,8H,7H2,1-2H3,(H,15,18)(H,19,20). The van der Waals surface area contributed by atoms with Crippen molar-refractivity contribution in [3.05, 3.63) is 41.5 Å². The monoisotopic (exact) mass is 321 g/mol. The average molecular weight is 321 g/mol. The number of aryl methyl sites for hydroxylation is 1. The average Bonchev–Trinajstić information content (AvgIpc) is 2.90. The van der Waals surface area contributed by atoms with Gasteiger partial charge in [0, 0.05) is 4.90 Å². The maximum absolute atomic E-state index is 12.2. The highest BCUT2D eigenvalue weighted by molar-refractivity contribution is 7.98. The molecule has 1 amide bonds. The zero-order valence-corrected chi connectivity index (χ0v) is 12.9. The summed E-state index contributed by atoms with van der Waals surface area (Å²) in [5, 5.41) is 15.0. The van der Waals surface area contributed by atoms with Crippen LogP contribution in [0.5, 0.6) is 0 Å². The molecule has 0 fully saturated rings. The molecular formula is C14H15N3O4S. The molecule has 1 unspecified atom stereocenters. The van der Waals surface area contributed by atoms with Gasteiger partial charge in [-0.2, -0.15) is 4.98 Å². The van der Waals surface area contributed by atoms with Crippen molar-refractivity contribution in [3.8, 4) is 0 Å². The smallest absolute Gasteiger partial charge is 0.325 e. The van der Waals surface area contributed by atoms with E-state index in [9.17, 15) is 9.59 Å². The van der Waals surface area contributed by atoms with E-state index in [1.54, 1.807) is 31.2 Å². The van der Waals surface area contributed by atoms with Crippen LogP contribution in [0.1, 0.15) is 29.0 Å². The Bertz CT molecular complexity index is 686. The van der Waals surface area contributed by atoms with E-state index < -0.39 is 17.9 Å². The Balaban J connectivity index is 2.09. The summed E-state index contributed by atoms with van der Waals surface area (Å²) >= 11 is 1.37.